The van der Waals surface area contributed by atoms with Crippen LogP contribution in [0.25, 0.3) is 0 Å². The molecule has 0 bridgehead atoms. The molecule has 0 amide bonds. The van der Waals surface area contributed by atoms with Crippen LogP contribution in [0.3, 0.4) is 0 Å². The zero-order valence-electron chi connectivity index (χ0n) is 9.95. The van der Waals surface area contributed by atoms with Gasteiger partial charge in [0, 0.05) is 0 Å². The van der Waals surface area contributed by atoms with Gasteiger partial charge in [0.2, 0.25) is 0 Å². The lowest BCUT2D eigenvalue weighted by Gasteiger charge is -2.29. The van der Waals surface area contributed by atoms with Crippen molar-refractivity contribution in [2.75, 3.05) is 0 Å². The summed E-state index contributed by atoms with van der Waals surface area (Å²) in [6.07, 6.45) is 4.97. The molecule has 3 heteroatoms. The molecular formula is C14H16ClNO. The maximum Gasteiger partial charge on any atom is 0.139 e. The van der Waals surface area contributed by atoms with Crippen LogP contribution >= 0.6 is 11.6 Å². The molecule has 0 spiro atoms. The van der Waals surface area contributed by atoms with E-state index in [4.69, 9.17) is 21.6 Å². The van der Waals surface area contributed by atoms with E-state index < -0.39 is 0 Å². The van der Waals surface area contributed by atoms with Crippen LogP contribution in [0, 0.1) is 17.2 Å². The van der Waals surface area contributed by atoms with E-state index in [1.54, 1.807) is 6.07 Å². The van der Waals surface area contributed by atoms with Crippen molar-refractivity contribution >= 4 is 11.6 Å². The number of rotatable bonds is 2. The molecule has 1 saturated carbocycles. The Morgan fingerprint density at radius 3 is 2.82 bits per heavy atom. The van der Waals surface area contributed by atoms with E-state index in [2.05, 4.69) is 13.0 Å². The van der Waals surface area contributed by atoms with Crippen molar-refractivity contribution in [3.63, 3.8) is 0 Å². The number of hydrogen-bond acceptors (Lipinski definition) is 2. The van der Waals surface area contributed by atoms with Gasteiger partial charge in [-0.05, 0) is 37.3 Å². The molecule has 2 unspecified atom stereocenters. The second kappa shape index (κ2) is 5.42. The number of halogens is 1. The van der Waals surface area contributed by atoms with Gasteiger partial charge < -0.3 is 4.74 Å². The summed E-state index contributed by atoms with van der Waals surface area (Å²) in [5.74, 6) is 1.17. The molecule has 1 aromatic carbocycles. The number of benzene rings is 1. The highest BCUT2D eigenvalue weighted by atomic mass is 35.5. The summed E-state index contributed by atoms with van der Waals surface area (Å²) in [7, 11) is 0. The van der Waals surface area contributed by atoms with Gasteiger partial charge in [-0.2, -0.15) is 5.26 Å². The lowest BCUT2D eigenvalue weighted by atomic mass is 9.88. The van der Waals surface area contributed by atoms with Crippen molar-refractivity contribution in [2.24, 2.45) is 5.92 Å². The first-order valence-corrected chi connectivity index (χ1v) is 6.45. The van der Waals surface area contributed by atoms with Crippen LogP contribution in [0.5, 0.6) is 5.75 Å². The van der Waals surface area contributed by atoms with Crippen molar-refractivity contribution in [1.82, 2.24) is 0 Å². The van der Waals surface area contributed by atoms with E-state index in [-0.39, 0.29) is 6.10 Å². The van der Waals surface area contributed by atoms with Crippen molar-refractivity contribution in [3.05, 3.63) is 28.8 Å². The summed E-state index contributed by atoms with van der Waals surface area (Å²) in [6.45, 7) is 2.21. The molecule has 1 aliphatic rings. The van der Waals surface area contributed by atoms with Crippen molar-refractivity contribution in [2.45, 2.75) is 38.7 Å². The largest absolute Gasteiger partial charge is 0.489 e. The zero-order chi connectivity index (χ0) is 12.3. The summed E-state index contributed by atoms with van der Waals surface area (Å²) in [4.78, 5) is 0. The molecular weight excluding hydrogens is 234 g/mol. The normalized spacial score (nSPS) is 24.1. The number of hydrogen-bond donors (Lipinski definition) is 0. The minimum Gasteiger partial charge on any atom is -0.489 e. The Balaban J connectivity index is 2.18. The summed E-state index contributed by atoms with van der Waals surface area (Å²) >= 11 is 5.98. The maximum atomic E-state index is 9.08. The van der Waals surface area contributed by atoms with Crippen LogP contribution < -0.4 is 4.74 Å². The highest BCUT2D eigenvalue weighted by Crippen LogP contribution is 2.31. The molecule has 1 aromatic rings. The zero-order valence-corrected chi connectivity index (χ0v) is 10.7. The Bertz CT molecular complexity index is 438. The van der Waals surface area contributed by atoms with Crippen LogP contribution in [0.15, 0.2) is 18.2 Å². The minimum atomic E-state index is 0.217. The predicted molar refractivity (Wildman–Crippen MR) is 68.2 cm³/mol. The molecule has 0 aliphatic heterocycles. The van der Waals surface area contributed by atoms with E-state index in [1.807, 2.05) is 12.1 Å². The molecule has 2 atom stereocenters. The Hall–Kier alpha value is -1.20. The summed E-state index contributed by atoms with van der Waals surface area (Å²) in [6, 6.07) is 7.48. The number of ether oxygens (including phenoxy) is 1. The van der Waals surface area contributed by atoms with Crippen LogP contribution in [-0.4, -0.2) is 6.10 Å². The number of nitriles is 1. The van der Waals surface area contributed by atoms with Crippen LogP contribution in [-0.2, 0) is 0 Å². The Morgan fingerprint density at radius 2 is 2.12 bits per heavy atom. The second-order valence-electron chi connectivity index (χ2n) is 4.64. The maximum absolute atomic E-state index is 9.08. The third-order valence-corrected chi connectivity index (χ3v) is 3.71. The molecule has 0 saturated heterocycles. The first-order valence-electron chi connectivity index (χ1n) is 6.07. The van der Waals surface area contributed by atoms with Crippen LogP contribution in [0.2, 0.25) is 5.02 Å². The molecule has 2 rings (SSSR count). The third-order valence-electron chi connectivity index (χ3n) is 3.40. The molecule has 0 heterocycles. The van der Waals surface area contributed by atoms with Crippen LogP contribution in [0.1, 0.15) is 38.2 Å². The third kappa shape index (κ3) is 2.73. The molecule has 2 nitrogen and oxygen atoms in total. The molecule has 90 valence electrons. The van der Waals surface area contributed by atoms with Gasteiger partial charge in [0.15, 0.2) is 0 Å². The highest BCUT2D eigenvalue weighted by Gasteiger charge is 2.24. The summed E-state index contributed by atoms with van der Waals surface area (Å²) in [5.41, 5.74) is 0.451. The quantitative estimate of drug-likeness (QED) is 0.788. The van der Waals surface area contributed by atoms with E-state index >= 15 is 0 Å². The summed E-state index contributed by atoms with van der Waals surface area (Å²) < 4.78 is 5.96. The topological polar surface area (TPSA) is 33.0 Å². The Morgan fingerprint density at radius 1 is 1.35 bits per heavy atom. The van der Waals surface area contributed by atoms with E-state index in [9.17, 15) is 0 Å². The van der Waals surface area contributed by atoms with E-state index in [1.165, 1.54) is 19.3 Å². The minimum absolute atomic E-state index is 0.217. The van der Waals surface area contributed by atoms with E-state index in [0.29, 0.717) is 22.3 Å². The monoisotopic (exact) mass is 249 g/mol. The van der Waals surface area contributed by atoms with Gasteiger partial charge in [0.25, 0.3) is 0 Å². The van der Waals surface area contributed by atoms with Gasteiger partial charge in [-0.3, -0.25) is 0 Å². The number of nitrogens with zero attached hydrogens (tertiary/aromatic N) is 1. The molecule has 1 fully saturated rings. The first kappa shape index (κ1) is 12.3. The van der Waals surface area contributed by atoms with Crippen molar-refractivity contribution in [1.29, 1.82) is 5.26 Å². The van der Waals surface area contributed by atoms with Gasteiger partial charge in [0.1, 0.15) is 23.5 Å². The fourth-order valence-corrected chi connectivity index (χ4v) is 2.54. The average molecular weight is 250 g/mol. The Kier molecular flexibility index (Phi) is 3.91. The van der Waals surface area contributed by atoms with Crippen LogP contribution in [0.4, 0.5) is 0 Å². The SMILES string of the molecule is CC1CCCCC1Oc1cccc(Cl)c1C#N. The van der Waals surface area contributed by atoms with Crippen molar-refractivity contribution < 1.29 is 4.74 Å². The fourth-order valence-electron chi connectivity index (χ4n) is 2.33. The van der Waals surface area contributed by atoms with Gasteiger partial charge in [-0.15, -0.1) is 0 Å². The van der Waals surface area contributed by atoms with Gasteiger partial charge in [-0.25, -0.2) is 0 Å². The van der Waals surface area contributed by atoms with Gasteiger partial charge in [0.05, 0.1) is 5.02 Å². The highest BCUT2D eigenvalue weighted by molar-refractivity contribution is 6.31. The lowest BCUT2D eigenvalue weighted by molar-refractivity contribution is 0.102. The molecule has 0 aromatic heterocycles. The second-order valence-corrected chi connectivity index (χ2v) is 5.05. The Labute approximate surface area is 107 Å². The molecule has 1 aliphatic carbocycles. The predicted octanol–water partition coefficient (Wildman–Crippen LogP) is 4.17. The fraction of sp³-hybridized carbons (Fsp3) is 0.500. The molecule has 0 N–H and O–H groups in total. The molecule has 17 heavy (non-hydrogen) atoms. The lowest BCUT2D eigenvalue weighted by Crippen LogP contribution is -2.28. The van der Waals surface area contributed by atoms with Gasteiger partial charge in [-0.1, -0.05) is 31.0 Å². The molecule has 0 radical (unpaired) electrons. The van der Waals surface area contributed by atoms with Gasteiger partial charge >= 0.3 is 0 Å². The first-order chi connectivity index (χ1) is 8.22. The van der Waals surface area contributed by atoms with Crippen molar-refractivity contribution in [3.8, 4) is 11.8 Å². The average Bonchev–Trinajstić information content (AvgIpc) is 2.32. The standard InChI is InChI=1S/C14H16ClNO/c1-10-5-2-3-7-13(10)17-14-8-4-6-12(15)11(14)9-16/h4,6,8,10,13H,2-3,5,7H2,1H3. The summed E-state index contributed by atoms with van der Waals surface area (Å²) in [5, 5.41) is 9.55. The smallest absolute Gasteiger partial charge is 0.139 e. The van der Waals surface area contributed by atoms with E-state index in [0.717, 1.165) is 6.42 Å².